The van der Waals surface area contributed by atoms with E-state index in [0.29, 0.717) is 13.0 Å². The van der Waals surface area contributed by atoms with Crippen molar-refractivity contribution in [3.63, 3.8) is 0 Å². The third-order valence-electron chi connectivity index (χ3n) is 4.19. The van der Waals surface area contributed by atoms with Crippen LogP contribution < -0.4 is 10.1 Å². The topological polar surface area (TPSA) is 64.6 Å². The maximum absolute atomic E-state index is 11.9. The lowest BCUT2D eigenvalue weighted by molar-refractivity contribution is -0.153. The summed E-state index contributed by atoms with van der Waals surface area (Å²) in [5.74, 6) is 0.296. The van der Waals surface area contributed by atoms with E-state index in [1.165, 1.54) is 6.42 Å². The lowest BCUT2D eigenvalue weighted by Gasteiger charge is -2.19. The molecule has 0 unspecified atom stereocenters. The van der Waals surface area contributed by atoms with Crippen LogP contribution in [0.2, 0.25) is 0 Å². The van der Waals surface area contributed by atoms with Crippen LogP contribution in [0.1, 0.15) is 37.7 Å². The molecule has 1 aromatic carbocycles. The second-order valence-corrected chi connectivity index (χ2v) is 5.85. The van der Waals surface area contributed by atoms with Gasteiger partial charge in [-0.1, -0.05) is 37.5 Å². The molecule has 0 aromatic heterocycles. The summed E-state index contributed by atoms with van der Waals surface area (Å²) in [5, 5.41) is 2.77. The third-order valence-corrected chi connectivity index (χ3v) is 4.19. The lowest BCUT2D eigenvalue weighted by atomic mass is 9.89. The predicted octanol–water partition coefficient (Wildman–Crippen LogP) is 2.48. The maximum Gasteiger partial charge on any atom is 0.309 e. The fraction of sp³-hybridized carbons (Fsp3) is 0.556. The molecule has 1 aliphatic rings. The first kappa shape index (κ1) is 17.3. The van der Waals surface area contributed by atoms with Gasteiger partial charge in [0, 0.05) is 6.54 Å². The number of amides is 1. The van der Waals surface area contributed by atoms with Gasteiger partial charge in [-0.15, -0.1) is 0 Å². The van der Waals surface area contributed by atoms with E-state index in [1.807, 2.05) is 24.3 Å². The van der Waals surface area contributed by atoms with Crippen LogP contribution in [-0.2, 0) is 20.7 Å². The van der Waals surface area contributed by atoms with E-state index < -0.39 is 0 Å². The predicted molar refractivity (Wildman–Crippen MR) is 87.2 cm³/mol. The first-order valence-electron chi connectivity index (χ1n) is 8.26. The molecule has 0 saturated heterocycles. The van der Waals surface area contributed by atoms with Gasteiger partial charge in [0.05, 0.1) is 13.0 Å². The lowest BCUT2D eigenvalue weighted by Crippen LogP contribution is -2.32. The van der Waals surface area contributed by atoms with Gasteiger partial charge in [-0.3, -0.25) is 9.59 Å². The minimum Gasteiger partial charge on any atom is -0.496 e. The summed E-state index contributed by atoms with van der Waals surface area (Å²) in [6.07, 6.45) is 5.78. The number of nitrogens with one attached hydrogen (secondary N) is 1. The Labute approximate surface area is 137 Å². The Balaban J connectivity index is 1.66. The van der Waals surface area contributed by atoms with E-state index in [4.69, 9.17) is 9.47 Å². The number of carbonyl (C=O) groups is 2. The van der Waals surface area contributed by atoms with Gasteiger partial charge in [0.2, 0.25) is 0 Å². The normalized spacial score (nSPS) is 15.0. The van der Waals surface area contributed by atoms with Crippen LogP contribution in [0.5, 0.6) is 5.75 Å². The van der Waals surface area contributed by atoms with E-state index in [9.17, 15) is 9.59 Å². The largest absolute Gasteiger partial charge is 0.496 e. The molecular weight excluding hydrogens is 294 g/mol. The van der Waals surface area contributed by atoms with E-state index in [2.05, 4.69) is 5.32 Å². The van der Waals surface area contributed by atoms with Crippen molar-refractivity contribution in [1.29, 1.82) is 0 Å². The summed E-state index contributed by atoms with van der Waals surface area (Å²) in [4.78, 5) is 23.6. The van der Waals surface area contributed by atoms with Crippen LogP contribution >= 0.6 is 0 Å². The molecule has 1 aliphatic carbocycles. The van der Waals surface area contributed by atoms with E-state index in [0.717, 1.165) is 37.0 Å². The molecule has 0 bridgehead atoms. The first-order chi connectivity index (χ1) is 11.2. The Bertz CT molecular complexity index is 524. The number of rotatable bonds is 7. The summed E-state index contributed by atoms with van der Waals surface area (Å²) in [7, 11) is 1.63. The minimum absolute atomic E-state index is 0.0230. The molecule has 1 aromatic rings. The van der Waals surface area contributed by atoms with Crippen molar-refractivity contribution in [3.05, 3.63) is 29.8 Å². The van der Waals surface area contributed by atoms with Crippen molar-refractivity contribution in [2.24, 2.45) is 5.92 Å². The van der Waals surface area contributed by atoms with Gasteiger partial charge in [0.15, 0.2) is 6.61 Å². The zero-order valence-corrected chi connectivity index (χ0v) is 13.7. The molecule has 1 fully saturated rings. The molecule has 5 heteroatoms. The quantitative estimate of drug-likeness (QED) is 0.784. The zero-order chi connectivity index (χ0) is 16.5. The maximum atomic E-state index is 11.9. The molecule has 1 saturated carbocycles. The number of carbonyl (C=O) groups excluding carboxylic acids is 2. The molecule has 2 rings (SSSR count). The fourth-order valence-electron chi connectivity index (χ4n) is 2.89. The van der Waals surface area contributed by atoms with Gasteiger partial charge >= 0.3 is 5.97 Å². The Hall–Kier alpha value is -2.04. The molecule has 0 radical (unpaired) electrons. The average Bonchev–Trinajstić information content (AvgIpc) is 2.61. The smallest absolute Gasteiger partial charge is 0.309 e. The van der Waals surface area contributed by atoms with Crippen LogP contribution in [0.25, 0.3) is 0 Å². The number of hydrogen-bond donors (Lipinski definition) is 1. The van der Waals surface area contributed by atoms with Crippen molar-refractivity contribution in [2.45, 2.75) is 38.5 Å². The molecule has 126 valence electrons. The number of esters is 1. The third kappa shape index (κ3) is 5.58. The Kier molecular flexibility index (Phi) is 6.91. The number of hydrogen-bond acceptors (Lipinski definition) is 4. The minimum atomic E-state index is -0.260. The monoisotopic (exact) mass is 319 g/mol. The summed E-state index contributed by atoms with van der Waals surface area (Å²) >= 11 is 0. The van der Waals surface area contributed by atoms with Crippen LogP contribution in [0.15, 0.2) is 24.3 Å². The highest BCUT2D eigenvalue weighted by Crippen LogP contribution is 2.24. The van der Waals surface area contributed by atoms with Crippen molar-refractivity contribution in [2.75, 3.05) is 20.3 Å². The van der Waals surface area contributed by atoms with Gasteiger partial charge in [-0.05, 0) is 30.9 Å². The molecule has 0 spiro atoms. The Morgan fingerprint density at radius 1 is 1.17 bits per heavy atom. The second-order valence-electron chi connectivity index (χ2n) is 5.85. The molecule has 0 aliphatic heterocycles. The molecule has 0 heterocycles. The molecule has 1 amide bonds. The Morgan fingerprint density at radius 3 is 2.65 bits per heavy atom. The number of para-hydroxylation sites is 1. The van der Waals surface area contributed by atoms with E-state index >= 15 is 0 Å². The number of ether oxygens (including phenoxy) is 2. The van der Waals surface area contributed by atoms with Crippen LogP contribution in [0, 0.1) is 5.92 Å². The van der Waals surface area contributed by atoms with Crippen LogP contribution in [0.3, 0.4) is 0 Å². The van der Waals surface area contributed by atoms with E-state index in [1.54, 1.807) is 7.11 Å². The van der Waals surface area contributed by atoms with Gasteiger partial charge in [-0.25, -0.2) is 0 Å². The van der Waals surface area contributed by atoms with Gasteiger partial charge < -0.3 is 14.8 Å². The zero-order valence-electron chi connectivity index (χ0n) is 13.7. The average molecular weight is 319 g/mol. The molecule has 0 atom stereocenters. The standard InChI is InChI=1S/C18H25NO4/c1-22-16-10-6-5-7-14(16)11-12-19-17(20)13-23-18(21)15-8-3-2-4-9-15/h5-7,10,15H,2-4,8-9,11-13H2,1H3,(H,19,20). The van der Waals surface area contributed by atoms with Gasteiger partial charge in [0.25, 0.3) is 5.91 Å². The van der Waals surface area contributed by atoms with Crippen molar-refractivity contribution >= 4 is 11.9 Å². The van der Waals surface area contributed by atoms with Crippen LogP contribution in [-0.4, -0.2) is 32.1 Å². The fourth-order valence-corrected chi connectivity index (χ4v) is 2.89. The SMILES string of the molecule is COc1ccccc1CCNC(=O)COC(=O)C1CCCCC1. The van der Waals surface area contributed by atoms with Gasteiger partial charge in [0.1, 0.15) is 5.75 Å². The summed E-state index contributed by atoms with van der Waals surface area (Å²) in [6.45, 7) is 0.293. The van der Waals surface area contributed by atoms with Crippen molar-refractivity contribution in [3.8, 4) is 5.75 Å². The number of benzene rings is 1. The highest BCUT2D eigenvalue weighted by molar-refractivity contribution is 5.81. The van der Waals surface area contributed by atoms with Crippen LogP contribution in [0.4, 0.5) is 0 Å². The molecule has 1 N–H and O–H groups in total. The second kappa shape index (κ2) is 9.18. The van der Waals surface area contributed by atoms with Crippen molar-refractivity contribution < 1.29 is 19.1 Å². The van der Waals surface area contributed by atoms with Crippen molar-refractivity contribution in [1.82, 2.24) is 5.32 Å². The molecule has 23 heavy (non-hydrogen) atoms. The summed E-state index contributed by atoms with van der Waals surface area (Å²) in [5.41, 5.74) is 1.04. The Morgan fingerprint density at radius 2 is 1.91 bits per heavy atom. The summed E-state index contributed by atoms with van der Waals surface area (Å²) < 4.78 is 10.4. The summed E-state index contributed by atoms with van der Waals surface area (Å²) in [6, 6.07) is 7.70. The highest BCUT2D eigenvalue weighted by atomic mass is 16.5. The molecular formula is C18H25NO4. The molecule has 5 nitrogen and oxygen atoms in total. The van der Waals surface area contributed by atoms with E-state index in [-0.39, 0.29) is 24.4 Å². The first-order valence-corrected chi connectivity index (χ1v) is 8.26. The van der Waals surface area contributed by atoms with Gasteiger partial charge in [-0.2, -0.15) is 0 Å². The number of methoxy groups -OCH3 is 1. The highest BCUT2D eigenvalue weighted by Gasteiger charge is 2.22.